The van der Waals surface area contributed by atoms with Crippen molar-refractivity contribution in [3.8, 4) is 11.5 Å². The molecule has 3 aromatic carbocycles. The number of hydrogen-bond donors (Lipinski definition) is 2. The lowest BCUT2D eigenvalue weighted by Gasteiger charge is -2.26. The molecule has 146 valence electrons. The lowest BCUT2D eigenvalue weighted by Crippen LogP contribution is -2.22. The van der Waals surface area contributed by atoms with Crippen LogP contribution in [0.5, 0.6) is 11.5 Å². The van der Waals surface area contributed by atoms with Gasteiger partial charge in [-0.25, -0.2) is 0 Å². The number of hydrogen-bond acceptors (Lipinski definition) is 4. The molecule has 2 N–H and O–H groups in total. The molecule has 0 aliphatic heterocycles. The smallest absolute Gasteiger partial charge is 0.194 e. The number of halogens is 2. The van der Waals surface area contributed by atoms with Crippen molar-refractivity contribution in [2.75, 3.05) is 19.5 Å². The quantitative estimate of drug-likeness (QED) is 0.505. The summed E-state index contributed by atoms with van der Waals surface area (Å²) >= 11 is 12.8. The van der Waals surface area contributed by atoms with E-state index in [0.29, 0.717) is 34.1 Å². The van der Waals surface area contributed by atoms with Crippen molar-refractivity contribution in [2.24, 2.45) is 0 Å². The molecule has 0 amide bonds. The topological polar surface area (TPSA) is 50.7 Å². The SMILES string of the molecule is COc1ccc(CNc2ccccc2[C@](O)(Cl)c2ccccc2Cl)c(OC)c1. The molecule has 0 radical (unpaired) electrons. The summed E-state index contributed by atoms with van der Waals surface area (Å²) in [6.45, 7) is 0.472. The summed E-state index contributed by atoms with van der Waals surface area (Å²) in [5, 5.41) is 13.0. The fourth-order valence-corrected chi connectivity index (χ4v) is 3.64. The molecule has 28 heavy (non-hydrogen) atoms. The van der Waals surface area contributed by atoms with E-state index in [4.69, 9.17) is 32.7 Å². The second kappa shape index (κ2) is 8.74. The van der Waals surface area contributed by atoms with Crippen molar-refractivity contribution in [3.05, 3.63) is 88.4 Å². The van der Waals surface area contributed by atoms with Crippen LogP contribution in [0, 0.1) is 0 Å². The Kier molecular flexibility index (Phi) is 6.35. The van der Waals surface area contributed by atoms with E-state index in [2.05, 4.69) is 5.32 Å². The minimum Gasteiger partial charge on any atom is -0.497 e. The number of methoxy groups -OCH3 is 2. The van der Waals surface area contributed by atoms with Gasteiger partial charge in [0.15, 0.2) is 5.06 Å². The number of anilines is 1. The normalized spacial score (nSPS) is 12.9. The van der Waals surface area contributed by atoms with Crippen LogP contribution in [-0.4, -0.2) is 19.3 Å². The third-order valence-corrected chi connectivity index (χ3v) is 5.22. The van der Waals surface area contributed by atoms with Crippen molar-refractivity contribution >= 4 is 28.9 Å². The van der Waals surface area contributed by atoms with E-state index >= 15 is 0 Å². The summed E-state index contributed by atoms with van der Waals surface area (Å²) in [6.07, 6.45) is 0. The predicted octanol–water partition coefficient (Wildman–Crippen LogP) is 5.40. The van der Waals surface area contributed by atoms with Gasteiger partial charge in [-0.3, -0.25) is 0 Å². The zero-order valence-electron chi connectivity index (χ0n) is 15.6. The fourth-order valence-electron chi connectivity index (χ4n) is 2.99. The Morgan fingerprint density at radius 1 is 0.929 bits per heavy atom. The highest BCUT2D eigenvalue weighted by molar-refractivity contribution is 6.33. The number of rotatable bonds is 7. The lowest BCUT2D eigenvalue weighted by atomic mass is 9.98. The molecule has 0 unspecified atom stereocenters. The number of benzene rings is 3. The van der Waals surface area contributed by atoms with Gasteiger partial charge in [0.2, 0.25) is 0 Å². The second-order valence-corrected chi connectivity index (χ2v) is 7.13. The monoisotopic (exact) mass is 417 g/mol. The molecule has 3 rings (SSSR count). The zero-order chi connectivity index (χ0) is 20.1. The van der Waals surface area contributed by atoms with Crippen LogP contribution >= 0.6 is 23.2 Å². The molecule has 0 fully saturated rings. The number of aliphatic hydroxyl groups is 1. The maximum Gasteiger partial charge on any atom is 0.194 e. The van der Waals surface area contributed by atoms with Crippen LogP contribution in [0.4, 0.5) is 5.69 Å². The van der Waals surface area contributed by atoms with Crippen LogP contribution in [0.2, 0.25) is 5.02 Å². The molecule has 0 saturated heterocycles. The molecule has 1 atom stereocenters. The van der Waals surface area contributed by atoms with E-state index in [0.717, 1.165) is 11.3 Å². The van der Waals surface area contributed by atoms with Crippen molar-refractivity contribution in [2.45, 2.75) is 11.6 Å². The summed E-state index contributed by atoms with van der Waals surface area (Å²) in [4.78, 5) is 0. The standard InChI is InChI=1S/C22H21Cl2NO3/c1-27-16-12-11-15(21(13-16)28-2)14-25-20-10-6-4-8-18(20)22(24,26)17-7-3-5-9-19(17)23/h3-13,25-26H,14H2,1-2H3/t22-/m0/s1. The molecule has 0 aromatic heterocycles. The number of alkyl halides is 1. The van der Waals surface area contributed by atoms with E-state index < -0.39 is 5.06 Å². The van der Waals surface area contributed by atoms with E-state index in [1.807, 2.05) is 36.4 Å². The first-order valence-electron chi connectivity index (χ1n) is 8.68. The van der Waals surface area contributed by atoms with Gasteiger partial charge in [0.05, 0.1) is 14.2 Å². The average molecular weight is 418 g/mol. The summed E-state index contributed by atoms with van der Waals surface area (Å²) in [5.74, 6) is 1.42. The predicted molar refractivity (Wildman–Crippen MR) is 114 cm³/mol. The molecular weight excluding hydrogens is 397 g/mol. The molecule has 4 nitrogen and oxygen atoms in total. The largest absolute Gasteiger partial charge is 0.497 e. The van der Waals surface area contributed by atoms with Crippen LogP contribution in [0.1, 0.15) is 16.7 Å². The van der Waals surface area contributed by atoms with Gasteiger partial charge in [0.1, 0.15) is 11.5 Å². The van der Waals surface area contributed by atoms with Crippen molar-refractivity contribution < 1.29 is 14.6 Å². The third-order valence-electron chi connectivity index (χ3n) is 4.48. The minimum absolute atomic E-state index is 0.395. The van der Waals surface area contributed by atoms with Gasteiger partial charge in [-0.05, 0) is 24.3 Å². The van der Waals surface area contributed by atoms with Crippen molar-refractivity contribution in [1.82, 2.24) is 0 Å². The highest BCUT2D eigenvalue weighted by Gasteiger charge is 2.33. The van der Waals surface area contributed by atoms with E-state index in [1.54, 1.807) is 44.6 Å². The Labute approximate surface area is 174 Å². The van der Waals surface area contributed by atoms with Gasteiger partial charge in [0, 0.05) is 40.0 Å². The van der Waals surface area contributed by atoms with Gasteiger partial charge in [-0.15, -0.1) is 0 Å². The van der Waals surface area contributed by atoms with Crippen LogP contribution in [0.15, 0.2) is 66.7 Å². The molecule has 0 aliphatic rings. The number of para-hydroxylation sites is 1. The lowest BCUT2D eigenvalue weighted by molar-refractivity contribution is 0.174. The van der Waals surface area contributed by atoms with Crippen LogP contribution in [0.3, 0.4) is 0 Å². The summed E-state index contributed by atoms with van der Waals surface area (Å²) < 4.78 is 10.7. The molecule has 0 bridgehead atoms. The molecule has 0 saturated carbocycles. The summed E-state index contributed by atoms with van der Waals surface area (Å²) in [6, 6.07) is 19.9. The average Bonchev–Trinajstić information content (AvgIpc) is 2.72. The second-order valence-electron chi connectivity index (χ2n) is 6.18. The Bertz CT molecular complexity index is 960. The third kappa shape index (κ3) is 4.20. The molecule has 0 aliphatic carbocycles. The summed E-state index contributed by atoms with van der Waals surface area (Å²) in [5.41, 5.74) is 2.57. The molecule has 6 heteroatoms. The van der Waals surface area contributed by atoms with Gasteiger partial charge in [-0.1, -0.05) is 59.6 Å². The highest BCUT2D eigenvalue weighted by Crippen LogP contribution is 2.41. The molecule has 3 aromatic rings. The Morgan fingerprint density at radius 2 is 1.61 bits per heavy atom. The van der Waals surface area contributed by atoms with E-state index in [-0.39, 0.29) is 0 Å². The highest BCUT2D eigenvalue weighted by atomic mass is 35.5. The zero-order valence-corrected chi connectivity index (χ0v) is 17.1. The maximum atomic E-state index is 11.1. The minimum atomic E-state index is -1.77. The Morgan fingerprint density at radius 3 is 2.29 bits per heavy atom. The Balaban J connectivity index is 1.91. The van der Waals surface area contributed by atoms with Crippen LogP contribution < -0.4 is 14.8 Å². The van der Waals surface area contributed by atoms with E-state index in [9.17, 15) is 5.11 Å². The van der Waals surface area contributed by atoms with Gasteiger partial charge in [-0.2, -0.15) is 0 Å². The van der Waals surface area contributed by atoms with Gasteiger partial charge in [0.25, 0.3) is 0 Å². The molecule has 0 spiro atoms. The van der Waals surface area contributed by atoms with Crippen molar-refractivity contribution in [1.29, 1.82) is 0 Å². The summed E-state index contributed by atoms with van der Waals surface area (Å²) in [7, 11) is 3.22. The fraction of sp³-hybridized carbons (Fsp3) is 0.182. The van der Waals surface area contributed by atoms with Crippen LogP contribution in [0.25, 0.3) is 0 Å². The molecule has 0 heterocycles. The van der Waals surface area contributed by atoms with E-state index in [1.165, 1.54) is 0 Å². The first-order chi connectivity index (χ1) is 13.5. The number of nitrogens with one attached hydrogen (secondary N) is 1. The Hall–Kier alpha value is -2.40. The number of ether oxygens (including phenoxy) is 2. The maximum absolute atomic E-state index is 11.1. The van der Waals surface area contributed by atoms with Gasteiger partial charge >= 0.3 is 0 Å². The molecular formula is C22H21Cl2NO3. The van der Waals surface area contributed by atoms with Crippen molar-refractivity contribution in [3.63, 3.8) is 0 Å². The van der Waals surface area contributed by atoms with Crippen LogP contribution in [-0.2, 0) is 11.6 Å². The first-order valence-corrected chi connectivity index (χ1v) is 9.43. The first kappa shape index (κ1) is 20.3. The van der Waals surface area contributed by atoms with Gasteiger partial charge < -0.3 is 19.9 Å².